The SMILES string of the molecule is C[C@]1(O)CC=C(N)CC1. The van der Waals surface area contributed by atoms with Crippen LogP contribution in [0.1, 0.15) is 26.2 Å². The van der Waals surface area contributed by atoms with Crippen LogP contribution in [0.3, 0.4) is 0 Å². The first-order valence-electron chi connectivity index (χ1n) is 3.27. The Morgan fingerprint density at radius 1 is 1.78 bits per heavy atom. The minimum atomic E-state index is -0.497. The molecule has 1 aliphatic rings. The van der Waals surface area contributed by atoms with E-state index in [9.17, 15) is 5.11 Å². The molecule has 0 radical (unpaired) electrons. The highest BCUT2D eigenvalue weighted by Crippen LogP contribution is 2.23. The average molecular weight is 127 g/mol. The van der Waals surface area contributed by atoms with Crippen molar-refractivity contribution in [3.05, 3.63) is 11.8 Å². The van der Waals surface area contributed by atoms with Crippen molar-refractivity contribution >= 4 is 0 Å². The van der Waals surface area contributed by atoms with Gasteiger partial charge in [-0.15, -0.1) is 0 Å². The van der Waals surface area contributed by atoms with Gasteiger partial charge in [-0.2, -0.15) is 0 Å². The summed E-state index contributed by atoms with van der Waals surface area (Å²) < 4.78 is 0. The maximum absolute atomic E-state index is 9.39. The Kier molecular flexibility index (Phi) is 1.49. The average Bonchev–Trinajstić information content (AvgIpc) is 1.78. The molecule has 0 aromatic heterocycles. The van der Waals surface area contributed by atoms with Gasteiger partial charge in [-0.3, -0.25) is 0 Å². The van der Waals surface area contributed by atoms with Crippen molar-refractivity contribution in [3.63, 3.8) is 0 Å². The number of rotatable bonds is 0. The van der Waals surface area contributed by atoms with Gasteiger partial charge in [-0.05, 0) is 26.2 Å². The van der Waals surface area contributed by atoms with Crippen LogP contribution in [-0.4, -0.2) is 10.7 Å². The van der Waals surface area contributed by atoms with E-state index in [1.807, 2.05) is 13.0 Å². The molecule has 0 aromatic carbocycles. The van der Waals surface area contributed by atoms with Crippen molar-refractivity contribution < 1.29 is 5.11 Å². The van der Waals surface area contributed by atoms with E-state index < -0.39 is 5.60 Å². The summed E-state index contributed by atoms with van der Waals surface area (Å²) in [6.07, 6.45) is 4.25. The predicted molar refractivity (Wildman–Crippen MR) is 36.7 cm³/mol. The molecule has 0 unspecified atom stereocenters. The lowest BCUT2D eigenvalue weighted by atomic mass is 9.90. The predicted octanol–water partition coefficient (Wildman–Crippen LogP) is 0.764. The van der Waals surface area contributed by atoms with Crippen LogP contribution in [0.4, 0.5) is 0 Å². The van der Waals surface area contributed by atoms with Gasteiger partial charge in [0, 0.05) is 5.70 Å². The number of hydrogen-bond acceptors (Lipinski definition) is 2. The van der Waals surface area contributed by atoms with Crippen molar-refractivity contribution in [1.29, 1.82) is 0 Å². The third kappa shape index (κ3) is 1.72. The highest BCUT2D eigenvalue weighted by atomic mass is 16.3. The van der Waals surface area contributed by atoms with Crippen LogP contribution in [-0.2, 0) is 0 Å². The smallest absolute Gasteiger partial charge is 0.0658 e. The van der Waals surface area contributed by atoms with Crippen LogP contribution >= 0.6 is 0 Å². The molecule has 3 N–H and O–H groups in total. The molecule has 9 heavy (non-hydrogen) atoms. The van der Waals surface area contributed by atoms with Gasteiger partial charge in [0.2, 0.25) is 0 Å². The summed E-state index contributed by atoms with van der Waals surface area (Å²) in [7, 11) is 0. The third-order valence-corrected chi connectivity index (χ3v) is 1.76. The van der Waals surface area contributed by atoms with E-state index in [-0.39, 0.29) is 0 Å². The molecule has 1 aliphatic carbocycles. The largest absolute Gasteiger partial charge is 0.402 e. The quantitative estimate of drug-likeness (QED) is 0.504. The molecule has 0 aromatic rings. The molecule has 0 bridgehead atoms. The fourth-order valence-electron chi connectivity index (χ4n) is 0.969. The van der Waals surface area contributed by atoms with Crippen LogP contribution in [0, 0.1) is 0 Å². The summed E-state index contributed by atoms with van der Waals surface area (Å²) in [6.45, 7) is 1.84. The van der Waals surface area contributed by atoms with Crippen molar-refractivity contribution in [1.82, 2.24) is 0 Å². The van der Waals surface area contributed by atoms with Crippen LogP contribution in [0.2, 0.25) is 0 Å². The molecule has 0 saturated heterocycles. The summed E-state index contributed by atoms with van der Waals surface area (Å²) in [4.78, 5) is 0. The topological polar surface area (TPSA) is 46.2 Å². The Morgan fingerprint density at radius 3 is 2.78 bits per heavy atom. The highest BCUT2D eigenvalue weighted by molar-refractivity contribution is 5.05. The second-order valence-electron chi connectivity index (χ2n) is 2.98. The molecule has 2 nitrogen and oxygen atoms in total. The summed E-state index contributed by atoms with van der Waals surface area (Å²) in [5.41, 5.74) is 5.93. The molecule has 0 fully saturated rings. The molecular weight excluding hydrogens is 114 g/mol. The van der Waals surface area contributed by atoms with Gasteiger partial charge in [0.15, 0.2) is 0 Å². The molecule has 0 saturated carbocycles. The van der Waals surface area contributed by atoms with E-state index in [1.54, 1.807) is 0 Å². The zero-order valence-corrected chi connectivity index (χ0v) is 5.72. The van der Waals surface area contributed by atoms with Gasteiger partial charge in [-0.1, -0.05) is 6.08 Å². The van der Waals surface area contributed by atoms with E-state index in [0.717, 1.165) is 18.5 Å². The van der Waals surface area contributed by atoms with Crippen LogP contribution < -0.4 is 5.73 Å². The van der Waals surface area contributed by atoms with Crippen molar-refractivity contribution in [2.45, 2.75) is 31.8 Å². The van der Waals surface area contributed by atoms with Gasteiger partial charge in [0.1, 0.15) is 0 Å². The summed E-state index contributed by atoms with van der Waals surface area (Å²) >= 11 is 0. The normalized spacial score (nSPS) is 36.0. The zero-order chi connectivity index (χ0) is 6.91. The molecular formula is C7H13NO. The lowest BCUT2D eigenvalue weighted by Crippen LogP contribution is -2.27. The van der Waals surface area contributed by atoms with Gasteiger partial charge >= 0.3 is 0 Å². The number of aliphatic hydroxyl groups is 1. The fourth-order valence-corrected chi connectivity index (χ4v) is 0.969. The first-order valence-corrected chi connectivity index (χ1v) is 3.27. The Hall–Kier alpha value is -0.500. The summed E-state index contributed by atoms with van der Waals surface area (Å²) in [6, 6.07) is 0. The Labute approximate surface area is 55.4 Å². The number of allylic oxidation sites excluding steroid dienone is 1. The molecule has 0 spiro atoms. The zero-order valence-electron chi connectivity index (χ0n) is 5.72. The second-order valence-corrected chi connectivity index (χ2v) is 2.98. The third-order valence-electron chi connectivity index (χ3n) is 1.76. The number of nitrogens with two attached hydrogens (primary N) is 1. The second kappa shape index (κ2) is 2.03. The monoisotopic (exact) mass is 127 g/mol. The van der Waals surface area contributed by atoms with E-state index in [2.05, 4.69) is 0 Å². The summed E-state index contributed by atoms with van der Waals surface area (Å²) in [5, 5.41) is 9.39. The van der Waals surface area contributed by atoms with Gasteiger partial charge < -0.3 is 10.8 Å². The lowest BCUT2D eigenvalue weighted by molar-refractivity contribution is 0.0493. The Morgan fingerprint density at radius 2 is 2.44 bits per heavy atom. The molecule has 52 valence electrons. The minimum Gasteiger partial charge on any atom is -0.402 e. The lowest BCUT2D eigenvalue weighted by Gasteiger charge is -2.25. The van der Waals surface area contributed by atoms with Gasteiger partial charge in [0.05, 0.1) is 5.60 Å². The molecule has 0 heterocycles. The molecule has 1 atom stereocenters. The molecule has 0 aliphatic heterocycles. The van der Waals surface area contributed by atoms with Crippen molar-refractivity contribution in [3.8, 4) is 0 Å². The van der Waals surface area contributed by atoms with Gasteiger partial charge in [-0.25, -0.2) is 0 Å². The van der Waals surface area contributed by atoms with E-state index in [0.29, 0.717) is 6.42 Å². The van der Waals surface area contributed by atoms with Crippen molar-refractivity contribution in [2.75, 3.05) is 0 Å². The van der Waals surface area contributed by atoms with Crippen molar-refractivity contribution in [2.24, 2.45) is 5.73 Å². The first-order chi connectivity index (χ1) is 4.10. The summed E-state index contributed by atoms with van der Waals surface area (Å²) in [5.74, 6) is 0. The minimum absolute atomic E-state index is 0.497. The fraction of sp³-hybridized carbons (Fsp3) is 0.714. The molecule has 2 heteroatoms. The maximum Gasteiger partial charge on any atom is 0.0658 e. The molecule has 1 rings (SSSR count). The number of hydrogen-bond donors (Lipinski definition) is 2. The Balaban J connectivity index is 2.56. The van der Waals surface area contributed by atoms with Crippen LogP contribution in [0.15, 0.2) is 11.8 Å². The van der Waals surface area contributed by atoms with E-state index in [4.69, 9.17) is 5.73 Å². The molecule has 0 amide bonds. The highest BCUT2D eigenvalue weighted by Gasteiger charge is 2.21. The standard InChI is InChI=1S/C7H13NO/c1-7(9)4-2-6(8)3-5-7/h2,9H,3-5,8H2,1H3/t7-/m0/s1. The van der Waals surface area contributed by atoms with Crippen LogP contribution in [0.5, 0.6) is 0 Å². The van der Waals surface area contributed by atoms with Gasteiger partial charge in [0.25, 0.3) is 0 Å². The van der Waals surface area contributed by atoms with E-state index >= 15 is 0 Å². The van der Waals surface area contributed by atoms with Crippen LogP contribution in [0.25, 0.3) is 0 Å². The Bertz CT molecular complexity index is 138. The maximum atomic E-state index is 9.39. The van der Waals surface area contributed by atoms with E-state index in [1.165, 1.54) is 0 Å². The first kappa shape index (κ1) is 6.62.